The quantitative estimate of drug-likeness (QED) is 0.696. The zero-order chi connectivity index (χ0) is 18.6. The molecule has 5 atom stereocenters. The summed E-state index contributed by atoms with van der Waals surface area (Å²) >= 11 is 0. The van der Waals surface area contributed by atoms with Crippen LogP contribution in [0.5, 0.6) is 0 Å². The number of hydrogen-bond donors (Lipinski definition) is 3. The average Bonchev–Trinajstić information content (AvgIpc) is 3.37. The fourth-order valence-electron chi connectivity index (χ4n) is 7.16. The molecule has 0 saturated heterocycles. The van der Waals surface area contributed by atoms with E-state index in [-0.39, 0.29) is 0 Å². The van der Waals surface area contributed by atoms with Crippen LogP contribution < -0.4 is 5.46 Å². The Morgan fingerprint density at radius 3 is 2.68 bits per heavy atom. The van der Waals surface area contributed by atoms with Gasteiger partial charge >= 0.3 is 7.05 Å². The first kappa shape index (κ1) is 16.0. The molecular weight excluding hydrogens is 351 g/mol. The summed E-state index contributed by atoms with van der Waals surface area (Å²) in [6.45, 7) is 0. The third-order valence-corrected chi connectivity index (χ3v) is 8.10. The van der Waals surface area contributed by atoms with Gasteiger partial charge in [-0.15, -0.1) is 0 Å². The maximum Gasteiger partial charge on any atom is 0.468 e. The molecule has 0 amide bonds. The highest BCUT2D eigenvalue weighted by Crippen LogP contribution is 2.59. The topological polar surface area (TPSA) is 84.7 Å². The number of rotatable bonds is 2. The van der Waals surface area contributed by atoms with Crippen molar-refractivity contribution in [2.75, 3.05) is 0 Å². The van der Waals surface area contributed by atoms with E-state index in [1.165, 1.54) is 12.8 Å². The summed E-state index contributed by atoms with van der Waals surface area (Å²) in [7, 11) is -0.709. The van der Waals surface area contributed by atoms with E-state index in [1.807, 2.05) is 17.3 Å². The van der Waals surface area contributed by atoms with Crippen molar-refractivity contribution in [2.24, 2.45) is 28.8 Å². The maximum absolute atomic E-state index is 11.1. The van der Waals surface area contributed by atoms with Crippen LogP contribution in [-0.2, 0) is 0 Å². The van der Waals surface area contributed by atoms with Crippen molar-refractivity contribution < 1.29 is 10.1 Å². The molecule has 0 aromatic carbocycles. The van der Waals surface area contributed by atoms with Crippen molar-refractivity contribution in [2.45, 2.75) is 56.6 Å². The van der Waals surface area contributed by atoms with Gasteiger partial charge in [-0.25, -0.2) is 4.98 Å². The predicted octanol–water partition coefficient (Wildman–Crippen LogP) is 1.62. The van der Waals surface area contributed by atoms with Crippen molar-refractivity contribution in [3.05, 3.63) is 24.0 Å². The molecule has 0 spiro atoms. The van der Waals surface area contributed by atoms with E-state index < -0.39 is 12.7 Å². The van der Waals surface area contributed by atoms with E-state index in [2.05, 4.69) is 16.0 Å². The molecule has 5 saturated carbocycles. The predicted molar refractivity (Wildman–Crippen MR) is 107 cm³/mol. The van der Waals surface area contributed by atoms with E-state index in [9.17, 15) is 10.1 Å². The molecular formula is C21H25BN4O2. The van der Waals surface area contributed by atoms with Gasteiger partial charge in [-0.2, -0.15) is 5.10 Å². The zero-order valence-electron chi connectivity index (χ0n) is 15.9. The number of aliphatic hydroxyl groups is 1. The lowest BCUT2D eigenvalue weighted by Gasteiger charge is -2.58. The molecule has 3 N–H and O–H groups in total. The van der Waals surface area contributed by atoms with Gasteiger partial charge in [-0.05, 0) is 68.8 Å². The summed E-state index contributed by atoms with van der Waals surface area (Å²) in [5, 5.41) is 28.3. The van der Waals surface area contributed by atoms with Crippen molar-refractivity contribution in [3.63, 3.8) is 0 Å². The lowest BCUT2D eigenvalue weighted by atomic mass is 9.48. The Bertz CT molecular complexity index is 999. The second-order valence-electron chi connectivity index (χ2n) is 10.0. The molecule has 2 aromatic heterocycles. The number of nitrogens with one attached hydrogen (secondary N) is 1. The number of nitrogens with zero attached hydrogens (tertiary/aromatic N) is 3. The van der Waals surface area contributed by atoms with E-state index >= 15 is 0 Å². The SMILES string of the molecule is OB1c2cnc3[nH]ccc3c2C(C2[C@@H]3CC4C[C@H]2CC(O)(C4)C3)=NN1C1CC1. The minimum absolute atomic E-state index is 0.348. The summed E-state index contributed by atoms with van der Waals surface area (Å²) in [5.41, 5.74) is 3.57. The van der Waals surface area contributed by atoms with E-state index in [0.29, 0.717) is 29.7 Å². The molecule has 5 aliphatic carbocycles. The minimum atomic E-state index is -0.709. The molecule has 6 aliphatic rings. The molecule has 5 fully saturated rings. The third kappa shape index (κ3) is 2.06. The molecule has 7 heteroatoms. The Kier molecular flexibility index (Phi) is 2.97. The Hall–Kier alpha value is -1.86. The van der Waals surface area contributed by atoms with Gasteiger partial charge in [0.2, 0.25) is 0 Å². The van der Waals surface area contributed by atoms with Gasteiger partial charge in [-0.1, -0.05) is 0 Å². The fourth-order valence-corrected chi connectivity index (χ4v) is 7.16. The smallest absolute Gasteiger partial charge is 0.428 e. The largest absolute Gasteiger partial charge is 0.468 e. The molecule has 3 heterocycles. The van der Waals surface area contributed by atoms with Crippen LogP contribution in [-0.4, -0.2) is 49.4 Å². The zero-order valence-corrected chi connectivity index (χ0v) is 15.9. The van der Waals surface area contributed by atoms with Gasteiger partial charge in [-0.3, -0.25) is 0 Å². The van der Waals surface area contributed by atoms with Crippen LogP contribution in [0.1, 0.15) is 50.5 Å². The van der Waals surface area contributed by atoms with Crippen molar-refractivity contribution in [3.8, 4) is 0 Å². The maximum atomic E-state index is 11.1. The van der Waals surface area contributed by atoms with Gasteiger partial charge in [0.15, 0.2) is 0 Å². The van der Waals surface area contributed by atoms with E-state index in [1.54, 1.807) is 0 Å². The molecule has 28 heavy (non-hydrogen) atoms. The van der Waals surface area contributed by atoms with Gasteiger partial charge < -0.3 is 20.0 Å². The van der Waals surface area contributed by atoms with Crippen LogP contribution in [0.15, 0.2) is 23.6 Å². The van der Waals surface area contributed by atoms with Crippen LogP contribution in [0.4, 0.5) is 0 Å². The van der Waals surface area contributed by atoms with Crippen LogP contribution in [0.25, 0.3) is 11.0 Å². The lowest BCUT2D eigenvalue weighted by molar-refractivity contribution is -0.138. The average molecular weight is 376 g/mol. The molecule has 2 aromatic rings. The summed E-state index contributed by atoms with van der Waals surface area (Å²) in [6, 6.07) is 2.42. The number of aromatic nitrogens is 2. The Balaban J connectivity index is 1.42. The highest BCUT2D eigenvalue weighted by molar-refractivity contribution is 6.66. The standard InChI is InChI=1S/C21H25BN4O2/c27-21-7-11-5-12(8-21)17(13(6-11)9-21)19-18-15-3-4-23-20(15)24-10-16(18)22(28)26(25-19)14-1-2-14/h3-4,10-14,17,27-28H,1-2,5-9H2,(H,23,24)/t11?,12-,13+,17?,21?. The molecule has 1 aliphatic heterocycles. The summed E-state index contributed by atoms with van der Waals surface area (Å²) < 4.78 is 0. The molecule has 0 radical (unpaired) electrons. The first-order chi connectivity index (χ1) is 13.6. The lowest BCUT2D eigenvalue weighted by Crippen LogP contribution is -2.59. The molecule has 4 bridgehead atoms. The molecule has 144 valence electrons. The Morgan fingerprint density at radius 1 is 1.18 bits per heavy atom. The van der Waals surface area contributed by atoms with Crippen LogP contribution >= 0.6 is 0 Å². The normalized spacial score (nSPS) is 38.9. The van der Waals surface area contributed by atoms with Crippen LogP contribution in [0.2, 0.25) is 0 Å². The summed E-state index contributed by atoms with van der Waals surface area (Å²) in [6.07, 6.45) is 11.2. The third-order valence-electron chi connectivity index (χ3n) is 8.10. The van der Waals surface area contributed by atoms with Crippen LogP contribution in [0.3, 0.4) is 0 Å². The number of fused-ring (bicyclic) bond motifs is 3. The minimum Gasteiger partial charge on any atom is -0.428 e. The number of hydrazone groups is 1. The second kappa shape index (κ2) is 5.19. The Labute approximate surface area is 164 Å². The number of hydrogen-bond acceptors (Lipinski definition) is 5. The highest BCUT2D eigenvalue weighted by atomic mass is 16.3. The fraction of sp³-hybridized carbons (Fsp3) is 0.619. The molecule has 6 nitrogen and oxygen atoms in total. The van der Waals surface area contributed by atoms with E-state index in [0.717, 1.165) is 59.9 Å². The van der Waals surface area contributed by atoms with Gasteiger partial charge in [0, 0.05) is 40.8 Å². The van der Waals surface area contributed by atoms with Crippen LogP contribution in [0, 0.1) is 23.7 Å². The highest BCUT2D eigenvalue weighted by Gasteiger charge is 2.57. The van der Waals surface area contributed by atoms with Crippen molar-refractivity contribution >= 4 is 29.3 Å². The number of H-pyrrole nitrogens is 1. The second-order valence-corrected chi connectivity index (χ2v) is 10.0. The Morgan fingerprint density at radius 2 is 1.96 bits per heavy atom. The van der Waals surface area contributed by atoms with E-state index in [4.69, 9.17) is 5.10 Å². The van der Waals surface area contributed by atoms with Crippen molar-refractivity contribution in [1.82, 2.24) is 14.9 Å². The van der Waals surface area contributed by atoms with Gasteiger partial charge in [0.05, 0.1) is 11.3 Å². The summed E-state index contributed by atoms with van der Waals surface area (Å²) in [5.74, 6) is 2.06. The first-order valence-corrected chi connectivity index (χ1v) is 10.8. The van der Waals surface area contributed by atoms with Gasteiger partial charge in [0.1, 0.15) is 5.65 Å². The number of pyridine rings is 1. The first-order valence-electron chi connectivity index (χ1n) is 10.8. The molecule has 3 unspecified atom stereocenters. The summed E-state index contributed by atoms with van der Waals surface area (Å²) in [4.78, 5) is 9.73. The van der Waals surface area contributed by atoms with Crippen molar-refractivity contribution in [1.29, 1.82) is 0 Å². The van der Waals surface area contributed by atoms with Gasteiger partial charge in [0.25, 0.3) is 0 Å². The monoisotopic (exact) mass is 376 g/mol. The molecule has 8 rings (SSSR count). The number of aromatic amines is 1.